The van der Waals surface area contributed by atoms with E-state index in [9.17, 15) is 4.79 Å². The minimum atomic E-state index is 0.0690. The molecule has 31 heavy (non-hydrogen) atoms. The van der Waals surface area contributed by atoms with Crippen LogP contribution in [0.25, 0.3) is 5.65 Å². The molecule has 5 heterocycles. The summed E-state index contributed by atoms with van der Waals surface area (Å²) in [4.78, 5) is 22.5. The number of nitrogens with one attached hydrogen (secondary N) is 1. The second-order valence-electron chi connectivity index (χ2n) is 8.91. The molecular weight excluding hydrogens is 388 g/mol. The van der Waals surface area contributed by atoms with Crippen LogP contribution >= 0.6 is 0 Å². The molecule has 7 heteroatoms. The number of hydrogen-bond donors (Lipinski definition) is 1. The molecule has 3 aromatic rings. The number of fused-ring (bicyclic) bond motifs is 3. The highest BCUT2D eigenvalue weighted by atomic mass is 16.2. The molecule has 1 amide bonds. The smallest absolute Gasteiger partial charge is 0.229 e. The number of hydrogen-bond acceptors (Lipinski definition) is 5. The van der Waals surface area contributed by atoms with Gasteiger partial charge in [-0.3, -0.25) is 4.79 Å². The fourth-order valence-corrected chi connectivity index (χ4v) is 5.29. The van der Waals surface area contributed by atoms with Gasteiger partial charge in [0, 0.05) is 50.8 Å². The van der Waals surface area contributed by atoms with E-state index in [-0.39, 0.29) is 5.92 Å². The molecule has 0 spiro atoms. The Kier molecular flexibility index (Phi) is 4.64. The van der Waals surface area contributed by atoms with Crippen LogP contribution < -0.4 is 10.2 Å². The molecule has 160 valence electrons. The van der Waals surface area contributed by atoms with Gasteiger partial charge in [0.05, 0.1) is 17.8 Å². The molecule has 1 saturated heterocycles. The summed E-state index contributed by atoms with van der Waals surface area (Å²) < 4.78 is 1.97. The number of amides is 1. The lowest BCUT2D eigenvalue weighted by Gasteiger charge is -2.42. The first kappa shape index (κ1) is 18.8. The van der Waals surface area contributed by atoms with E-state index in [1.165, 1.54) is 22.4 Å². The Hall–Kier alpha value is -2.93. The van der Waals surface area contributed by atoms with E-state index in [0.29, 0.717) is 5.91 Å². The molecule has 0 saturated carbocycles. The summed E-state index contributed by atoms with van der Waals surface area (Å²) in [5.41, 5.74) is 6.14. The second kappa shape index (κ2) is 7.64. The van der Waals surface area contributed by atoms with Crippen LogP contribution in [0.3, 0.4) is 0 Å². The monoisotopic (exact) mass is 416 g/mol. The SMILES string of the molecule is O=C(C1CN(c2c3c(nc4ccnn24)CCNCC3)C1)N1CCc2ccccc2CC1. The van der Waals surface area contributed by atoms with Crippen LogP contribution in [0, 0.1) is 5.92 Å². The van der Waals surface area contributed by atoms with Gasteiger partial charge in [0.2, 0.25) is 5.91 Å². The van der Waals surface area contributed by atoms with Crippen molar-refractivity contribution in [2.75, 3.05) is 44.2 Å². The zero-order chi connectivity index (χ0) is 20.8. The molecule has 0 atom stereocenters. The quantitative estimate of drug-likeness (QED) is 0.686. The molecule has 0 unspecified atom stereocenters. The van der Waals surface area contributed by atoms with Crippen LogP contribution in [0.5, 0.6) is 0 Å². The van der Waals surface area contributed by atoms with Gasteiger partial charge in [0.15, 0.2) is 5.65 Å². The van der Waals surface area contributed by atoms with Gasteiger partial charge >= 0.3 is 0 Å². The van der Waals surface area contributed by atoms with E-state index >= 15 is 0 Å². The fraction of sp³-hybridized carbons (Fsp3) is 0.458. The average molecular weight is 417 g/mol. The van der Waals surface area contributed by atoms with Crippen LogP contribution in [0.1, 0.15) is 22.4 Å². The first-order chi connectivity index (χ1) is 15.3. The largest absolute Gasteiger partial charge is 0.354 e. The lowest BCUT2D eigenvalue weighted by atomic mass is 9.96. The van der Waals surface area contributed by atoms with Gasteiger partial charge in [-0.25, -0.2) is 4.98 Å². The lowest BCUT2D eigenvalue weighted by molar-refractivity contribution is -0.136. The molecule has 1 aromatic carbocycles. The molecule has 0 aliphatic carbocycles. The van der Waals surface area contributed by atoms with E-state index in [0.717, 1.165) is 76.4 Å². The molecule has 1 fully saturated rings. The third-order valence-corrected chi connectivity index (χ3v) is 7.04. The van der Waals surface area contributed by atoms with Crippen molar-refractivity contribution < 1.29 is 4.79 Å². The van der Waals surface area contributed by atoms with Gasteiger partial charge in [-0.05, 0) is 36.9 Å². The maximum atomic E-state index is 13.3. The first-order valence-corrected chi connectivity index (χ1v) is 11.4. The number of benzene rings is 1. The summed E-state index contributed by atoms with van der Waals surface area (Å²) in [7, 11) is 0. The molecule has 0 radical (unpaired) electrons. The molecule has 1 N–H and O–H groups in total. The third kappa shape index (κ3) is 3.28. The number of carbonyl (C=O) groups excluding carboxylic acids is 1. The van der Waals surface area contributed by atoms with E-state index in [2.05, 4.69) is 44.5 Å². The Morgan fingerprint density at radius 3 is 2.48 bits per heavy atom. The van der Waals surface area contributed by atoms with Crippen LogP contribution in [0.4, 0.5) is 5.82 Å². The summed E-state index contributed by atoms with van der Waals surface area (Å²) in [5.74, 6) is 1.52. The zero-order valence-electron chi connectivity index (χ0n) is 17.8. The Morgan fingerprint density at radius 2 is 1.71 bits per heavy atom. The number of rotatable bonds is 2. The maximum Gasteiger partial charge on any atom is 0.229 e. The van der Waals surface area contributed by atoms with Crippen molar-refractivity contribution in [3.63, 3.8) is 0 Å². The third-order valence-electron chi connectivity index (χ3n) is 7.04. The van der Waals surface area contributed by atoms with Gasteiger partial charge in [-0.15, -0.1) is 0 Å². The Labute approximate surface area is 182 Å². The maximum absolute atomic E-state index is 13.3. The van der Waals surface area contributed by atoms with Crippen molar-refractivity contribution in [1.29, 1.82) is 0 Å². The van der Waals surface area contributed by atoms with Crippen molar-refractivity contribution in [2.45, 2.75) is 25.7 Å². The Bertz CT molecular complexity index is 1110. The summed E-state index contributed by atoms with van der Waals surface area (Å²) in [5, 5.41) is 8.03. The van der Waals surface area contributed by atoms with Gasteiger partial charge in [0.25, 0.3) is 0 Å². The van der Waals surface area contributed by atoms with E-state index in [4.69, 9.17) is 4.98 Å². The Balaban J connectivity index is 1.20. The average Bonchev–Trinajstić information content (AvgIpc) is 2.96. The first-order valence-electron chi connectivity index (χ1n) is 11.4. The molecule has 7 nitrogen and oxygen atoms in total. The van der Waals surface area contributed by atoms with E-state index in [1.807, 2.05) is 16.8 Å². The van der Waals surface area contributed by atoms with Crippen LogP contribution in [-0.2, 0) is 30.5 Å². The predicted molar refractivity (Wildman–Crippen MR) is 119 cm³/mol. The van der Waals surface area contributed by atoms with Crippen molar-refractivity contribution in [3.05, 3.63) is 58.9 Å². The standard InChI is InChI=1S/C24H28N6O/c31-24(28-13-8-17-3-1-2-4-18(17)9-14-28)19-15-29(16-19)23-20-5-10-25-11-6-21(20)27-22-7-12-26-30(22)23/h1-4,7,12,19,25H,5-6,8-11,13-16H2. The second-order valence-corrected chi connectivity index (χ2v) is 8.91. The van der Waals surface area contributed by atoms with Gasteiger partial charge in [-0.2, -0.15) is 9.61 Å². The van der Waals surface area contributed by atoms with Crippen molar-refractivity contribution in [1.82, 2.24) is 24.8 Å². The number of aromatic nitrogens is 3. The van der Waals surface area contributed by atoms with Crippen molar-refractivity contribution in [2.24, 2.45) is 5.92 Å². The van der Waals surface area contributed by atoms with Gasteiger partial charge in [-0.1, -0.05) is 24.3 Å². The molecule has 6 rings (SSSR count). The zero-order valence-corrected chi connectivity index (χ0v) is 17.8. The molecule has 0 bridgehead atoms. The van der Waals surface area contributed by atoms with Crippen molar-refractivity contribution >= 4 is 17.4 Å². The Morgan fingerprint density at radius 1 is 0.968 bits per heavy atom. The lowest BCUT2D eigenvalue weighted by Crippen LogP contribution is -2.56. The normalized spacial score (nSPS) is 19.4. The van der Waals surface area contributed by atoms with Crippen LogP contribution in [0.2, 0.25) is 0 Å². The molecule has 2 aromatic heterocycles. The number of nitrogens with zero attached hydrogens (tertiary/aromatic N) is 5. The summed E-state index contributed by atoms with van der Waals surface area (Å²) in [6.45, 7) is 5.10. The fourth-order valence-electron chi connectivity index (χ4n) is 5.29. The highest BCUT2D eigenvalue weighted by molar-refractivity contribution is 5.82. The molecule has 3 aliphatic heterocycles. The summed E-state index contributed by atoms with van der Waals surface area (Å²) in [6.07, 6.45) is 5.62. The number of carbonyl (C=O) groups is 1. The summed E-state index contributed by atoms with van der Waals surface area (Å²) >= 11 is 0. The van der Waals surface area contributed by atoms with E-state index < -0.39 is 0 Å². The molecule has 3 aliphatic rings. The predicted octanol–water partition coefficient (Wildman–Crippen LogP) is 1.48. The van der Waals surface area contributed by atoms with Gasteiger partial charge in [0.1, 0.15) is 5.82 Å². The number of anilines is 1. The van der Waals surface area contributed by atoms with E-state index in [1.54, 1.807) is 0 Å². The molecular formula is C24H28N6O. The summed E-state index contributed by atoms with van der Waals surface area (Å²) in [6, 6.07) is 10.6. The van der Waals surface area contributed by atoms with Crippen molar-refractivity contribution in [3.8, 4) is 0 Å². The minimum absolute atomic E-state index is 0.0690. The van der Waals surface area contributed by atoms with Gasteiger partial charge < -0.3 is 15.1 Å². The van der Waals surface area contributed by atoms with Crippen LogP contribution in [-0.4, -0.2) is 64.7 Å². The highest BCUT2D eigenvalue weighted by Crippen LogP contribution is 2.32. The highest BCUT2D eigenvalue weighted by Gasteiger charge is 2.38. The van der Waals surface area contributed by atoms with Crippen LogP contribution in [0.15, 0.2) is 36.5 Å². The minimum Gasteiger partial charge on any atom is -0.354 e. The topological polar surface area (TPSA) is 65.8 Å².